The van der Waals surface area contributed by atoms with Gasteiger partial charge in [0.25, 0.3) is 0 Å². The molecule has 0 radical (unpaired) electrons. The first-order chi connectivity index (χ1) is 9.15. The zero-order valence-corrected chi connectivity index (χ0v) is 11.3. The summed E-state index contributed by atoms with van der Waals surface area (Å²) < 4.78 is 18.5. The molecule has 1 aliphatic heterocycles. The van der Waals surface area contributed by atoms with Gasteiger partial charge in [0.2, 0.25) is 5.91 Å². The van der Waals surface area contributed by atoms with Crippen molar-refractivity contribution in [3.05, 3.63) is 35.6 Å². The van der Waals surface area contributed by atoms with E-state index < -0.39 is 0 Å². The van der Waals surface area contributed by atoms with Gasteiger partial charge in [-0.1, -0.05) is 12.1 Å². The quantitative estimate of drug-likeness (QED) is 0.818. The number of carbonyl (C=O) groups is 1. The van der Waals surface area contributed by atoms with Crippen LogP contribution in [0.4, 0.5) is 4.39 Å². The topological polar surface area (TPSA) is 29.5 Å². The zero-order chi connectivity index (χ0) is 13.7. The number of ether oxygens (including phenoxy) is 1. The normalized spacial score (nSPS) is 18.5. The highest BCUT2D eigenvalue weighted by atomic mass is 19.1. The number of benzene rings is 1. The van der Waals surface area contributed by atoms with Crippen LogP contribution in [0.15, 0.2) is 24.3 Å². The van der Waals surface area contributed by atoms with E-state index in [4.69, 9.17) is 4.74 Å². The van der Waals surface area contributed by atoms with Crippen LogP contribution < -0.4 is 0 Å². The molecule has 1 amide bonds. The van der Waals surface area contributed by atoms with Crippen LogP contribution in [-0.2, 0) is 16.0 Å². The number of rotatable bonds is 5. The number of halogens is 1. The average molecular weight is 265 g/mol. The molecule has 1 unspecified atom stereocenters. The Morgan fingerprint density at radius 1 is 1.53 bits per heavy atom. The molecular formula is C15H20FNO2. The smallest absolute Gasteiger partial charge is 0.222 e. The summed E-state index contributed by atoms with van der Waals surface area (Å²) in [4.78, 5) is 13.7. The molecule has 1 aromatic carbocycles. The predicted octanol–water partition coefficient (Wildman–Crippen LogP) is 2.40. The van der Waals surface area contributed by atoms with Crippen molar-refractivity contribution in [3.63, 3.8) is 0 Å². The van der Waals surface area contributed by atoms with E-state index in [9.17, 15) is 9.18 Å². The number of likely N-dealkylation sites (N-methyl/N-ethyl adjacent to an activating group) is 1. The Bertz CT molecular complexity index is 430. The molecule has 1 aliphatic rings. The van der Waals surface area contributed by atoms with Crippen LogP contribution in [0.25, 0.3) is 0 Å². The summed E-state index contributed by atoms with van der Waals surface area (Å²) in [6.45, 7) is 1.46. The lowest BCUT2D eigenvalue weighted by molar-refractivity contribution is -0.131. The van der Waals surface area contributed by atoms with Crippen LogP contribution in [-0.4, -0.2) is 37.1 Å². The van der Waals surface area contributed by atoms with Crippen molar-refractivity contribution in [1.29, 1.82) is 0 Å². The van der Waals surface area contributed by atoms with E-state index in [1.54, 1.807) is 18.0 Å². The van der Waals surface area contributed by atoms with Gasteiger partial charge < -0.3 is 9.64 Å². The lowest BCUT2D eigenvalue weighted by Gasteiger charge is -2.20. The Balaban J connectivity index is 1.76. The summed E-state index contributed by atoms with van der Waals surface area (Å²) in [6.07, 6.45) is 3.28. The second-order valence-electron chi connectivity index (χ2n) is 5.04. The van der Waals surface area contributed by atoms with Gasteiger partial charge in [-0.3, -0.25) is 4.79 Å². The maximum absolute atomic E-state index is 13.0. The predicted molar refractivity (Wildman–Crippen MR) is 71.3 cm³/mol. The van der Waals surface area contributed by atoms with Crippen LogP contribution >= 0.6 is 0 Å². The van der Waals surface area contributed by atoms with Gasteiger partial charge in [-0.05, 0) is 37.0 Å². The van der Waals surface area contributed by atoms with Gasteiger partial charge in [0.1, 0.15) is 5.82 Å². The van der Waals surface area contributed by atoms with Gasteiger partial charge in [-0.25, -0.2) is 4.39 Å². The van der Waals surface area contributed by atoms with E-state index in [1.165, 1.54) is 12.1 Å². The highest BCUT2D eigenvalue weighted by molar-refractivity contribution is 5.76. The number of hydrogen-bond donors (Lipinski definition) is 0. The lowest BCUT2D eigenvalue weighted by atomic mass is 10.1. The molecule has 4 heteroatoms. The Labute approximate surface area is 113 Å². The monoisotopic (exact) mass is 265 g/mol. The van der Waals surface area contributed by atoms with Gasteiger partial charge in [0, 0.05) is 26.6 Å². The van der Waals surface area contributed by atoms with E-state index in [0.29, 0.717) is 19.4 Å². The van der Waals surface area contributed by atoms with Gasteiger partial charge in [-0.15, -0.1) is 0 Å². The SMILES string of the molecule is CN(CC1CCCO1)C(=O)CCc1cccc(F)c1. The largest absolute Gasteiger partial charge is 0.376 e. The molecule has 0 aliphatic carbocycles. The summed E-state index contributed by atoms with van der Waals surface area (Å²) >= 11 is 0. The van der Waals surface area contributed by atoms with E-state index in [-0.39, 0.29) is 17.8 Å². The molecule has 104 valence electrons. The third-order valence-electron chi connectivity index (χ3n) is 3.44. The highest BCUT2D eigenvalue weighted by Crippen LogP contribution is 2.13. The van der Waals surface area contributed by atoms with Crippen molar-refractivity contribution < 1.29 is 13.9 Å². The molecule has 2 rings (SSSR count). The summed E-state index contributed by atoms with van der Waals surface area (Å²) in [5, 5.41) is 0. The minimum absolute atomic E-state index is 0.0831. The van der Waals surface area contributed by atoms with Gasteiger partial charge in [0.05, 0.1) is 6.10 Å². The van der Waals surface area contributed by atoms with Crippen molar-refractivity contribution in [2.45, 2.75) is 31.8 Å². The summed E-state index contributed by atoms with van der Waals surface area (Å²) in [5.74, 6) is -0.169. The average Bonchev–Trinajstić information content (AvgIpc) is 2.89. The number of nitrogens with zero attached hydrogens (tertiary/aromatic N) is 1. The van der Waals surface area contributed by atoms with Crippen molar-refractivity contribution >= 4 is 5.91 Å². The minimum atomic E-state index is -0.252. The van der Waals surface area contributed by atoms with Crippen LogP contribution in [0.3, 0.4) is 0 Å². The zero-order valence-electron chi connectivity index (χ0n) is 11.3. The first-order valence-corrected chi connectivity index (χ1v) is 6.75. The number of aryl methyl sites for hydroxylation is 1. The minimum Gasteiger partial charge on any atom is -0.376 e. The molecule has 1 fully saturated rings. The van der Waals surface area contributed by atoms with Crippen molar-refractivity contribution in [2.75, 3.05) is 20.2 Å². The maximum Gasteiger partial charge on any atom is 0.222 e. The summed E-state index contributed by atoms with van der Waals surface area (Å²) in [7, 11) is 1.80. The molecule has 0 saturated carbocycles. The second kappa shape index (κ2) is 6.66. The molecular weight excluding hydrogens is 245 g/mol. The molecule has 0 spiro atoms. The first-order valence-electron chi connectivity index (χ1n) is 6.75. The molecule has 0 bridgehead atoms. The van der Waals surface area contributed by atoms with E-state index in [1.807, 2.05) is 6.07 Å². The lowest BCUT2D eigenvalue weighted by Crippen LogP contribution is -2.34. The van der Waals surface area contributed by atoms with Crippen molar-refractivity contribution in [2.24, 2.45) is 0 Å². The fourth-order valence-corrected chi connectivity index (χ4v) is 2.33. The number of hydrogen-bond acceptors (Lipinski definition) is 2. The standard InChI is InChI=1S/C15H20FNO2/c1-17(11-14-6-3-9-19-14)15(18)8-7-12-4-2-5-13(16)10-12/h2,4-5,10,14H,3,6-9,11H2,1H3. The molecule has 3 nitrogen and oxygen atoms in total. The second-order valence-corrected chi connectivity index (χ2v) is 5.04. The van der Waals surface area contributed by atoms with Crippen LogP contribution in [0.5, 0.6) is 0 Å². The third kappa shape index (κ3) is 4.31. The molecule has 1 heterocycles. The van der Waals surface area contributed by atoms with Crippen LogP contribution in [0.1, 0.15) is 24.8 Å². The van der Waals surface area contributed by atoms with E-state index >= 15 is 0 Å². The highest BCUT2D eigenvalue weighted by Gasteiger charge is 2.19. The molecule has 0 N–H and O–H groups in total. The maximum atomic E-state index is 13.0. The fraction of sp³-hybridized carbons (Fsp3) is 0.533. The van der Waals surface area contributed by atoms with Gasteiger partial charge in [0.15, 0.2) is 0 Å². The van der Waals surface area contributed by atoms with Crippen LogP contribution in [0.2, 0.25) is 0 Å². The summed E-state index contributed by atoms with van der Waals surface area (Å²) in [6, 6.07) is 6.41. The molecule has 1 saturated heterocycles. The molecule has 0 aromatic heterocycles. The summed E-state index contributed by atoms with van der Waals surface area (Å²) in [5.41, 5.74) is 0.860. The van der Waals surface area contributed by atoms with E-state index in [2.05, 4.69) is 0 Å². The van der Waals surface area contributed by atoms with Crippen LogP contribution in [0, 0.1) is 5.82 Å². The Morgan fingerprint density at radius 3 is 3.05 bits per heavy atom. The molecule has 1 aromatic rings. The Hall–Kier alpha value is -1.42. The van der Waals surface area contributed by atoms with Gasteiger partial charge >= 0.3 is 0 Å². The molecule has 1 atom stereocenters. The number of carbonyl (C=O) groups excluding carboxylic acids is 1. The Kier molecular flexibility index (Phi) is 4.91. The third-order valence-corrected chi connectivity index (χ3v) is 3.44. The molecule has 19 heavy (non-hydrogen) atoms. The number of amides is 1. The Morgan fingerprint density at radius 2 is 2.37 bits per heavy atom. The first kappa shape index (κ1) is 14.0. The van der Waals surface area contributed by atoms with E-state index in [0.717, 1.165) is 25.0 Å². The van der Waals surface area contributed by atoms with Crippen molar-refractivity contribution in [1.82, 2.24) is 4.90 Å². The van der Waals surface area contributed by atoms with Gasteiger partial charge in [-0.2, -0.15) is 0 Å². The van der Waals surface area contributed by atoms with Crippen molar-refractivity contribution in [3.8, 4) is 0 Å². The fourth-order valence-electron chi connectivity index (χ4n) is 2.33.